The van der Waals surface area contributed by atoms with E-state index in [2.05, 4.69) is 31.1 Å². The van der Waals surface area contributed by atoms with Crippen LogP contribution < -0.4 is 11.1 Å². The average molecular weight is 355 g/mol. The van der Waals surface area contributed by atoms with Crippen LogP contribution in [0.4, 0.5) is 0 Å². The van der Waals surface area contributed by atoms with E-state index >= 15 is 0 Å². The topological polar surface area (TPSA) is 50.4 Å². The van der Waals surface area contributed by atoms with Gasteiger partial charge < -0.3 is 11.1 Å². The second-order valence-corrected chi connectivity index (χ2v) is 4.40. The molecule has 0 saturated heterocycles. The Balaban J connectivity index is 0. The van der Waals surface area contributed by atoms with Crippen LogP contribution in [0.15, 0.2) is 4.99 Å². The number of rotatable bonds is 9. The van der Waals surface area contributed by atoms with Crippen LogP contribution in [0.2, 0.25) is 0 Å². The standard InChI is InChI=1S/C13H29N3.HI/c1-4-7-8-9-10-15-13(14)16-11-12(5-2)6-3;/h12H,4-11H2,1-3H3,(H3,14,15,16);1H. The van der Waals surface area contributed by atoms with Gasteiger partial charge in [-0.3, -0.25) is 4.99 Å². The molecular weight excluding hydrogens is 325 g/mol. The van der Waals surface area contributed by atoms with Crippen molar-refractivity contribution in [1.29, 1.82) is 0 Å². The van der Waals surface area contributed by atoms with Crippen molar-refractivity contribution >= 4 is 29.9 Å². The smallest absolute Gasteiger partial charge is 0.188 e. The molecule has 4 heteroatoms. The zero-order chi connectivity index (χ0) is 12.2. The van der Waals surface area contributed by atoms with E-state index in [4.69, 9.17) is 5.73 Å². The van der Waals surface area contributed by atoms with Crippen molar-refractivity contribution in [2.45, 2.75) is 59.3 Å². The SMILES string of the molecule is CCCCCCNC(N)=NCC(CC)CC.I. The molecule has 3 nitrogen and oxygen atoms in total. The molecule has 0 aromatic rings. The molecule has 0 rings (SSSR count). The fourth-order valence-electron chi connectivity index (χ4n) is 1.60. The lowest BCUT2D eigenvalue weighted by Crippen LogP contribution is -2.33. The van der Waals surface area contributed by atoms with Crippen LogP contribution in [0.5, 0.6) is 0 Å². The Morgan fingerprint density at radius 2 is 1.76 bits per heavy atom. The molecule has 0 atom stereocenters. The number of aliphatic imine (C=N–C) groups is 1. The van der Waals surface area contributed by atoms with Gasteiger partial charge >= 0.3 is 0 Å². The number of guanidine groups is 1. The Hall–Kier alpha value is 0. The van der Waals surface area contributed by atoms with Gasteiger partial charge in [0.05, 0.1) is 0 Å². The van der Waals surface area contributed by atoms with Gasteiger partial charge in [-0.25, -0.2) is 0 Å². The molecule has 0 unspecified atom stereocenters. The van der Waals surface area contributed by atoms with Crippen molar-refractivity contribution in [3.8, 4) is 0 Å². The molecule has 0 spiro atoms. The van der Waals surface area contributed by atoms with Crippen LogP contribution in [0, 0.1) is 5.92 Å². The first kappa shape index (κ1) is 19.3. The summed E-state index contributed by atoms with van der Waals surface area (Å²) in [6, 6.07) is 0. The number of hydrogen-bond donors (Lipinski definition) is 2. The Bertz CT molecular complexity index is 180. The predicted octanol–water partition coefficient (Wildman–Crippen LogP) is 3.53. The Kier molecular flexibility index (Phi) is 16.0. The molecule has 0 saturated carbocycles. The summed E-state index contributed by atoms with van der Waals surface area (Å²) in [4.78, 5) is 4.37. The lowest BCUT2D eigenvalue weighted by Gasteiger charge is -2.10. The predicted molar refractivity (Wildman–Crippen MR) is 88.1 cm³/mol. The third kappa shape index (κ3) is 12.2. The highest BCUT2D eigenvalue weighted by Crippen LogP contribution is 2.06. The van der Waals surface area contributed by atoms with E-state index in [1.807, 2.05) is 0 Å². The third-order valence-electron chi connectivity index (χ3n) is 3.01. The van der Waals surface area contributed by atoms with Crippen molar-refractivity contribution in [1.82, 2.24) is 5.32 Å². The molecule has 0 aromatic carbocycles. The summed E-state index contributed by atoms with van der Waals surface area (Å²) in [5.74, 6) is 1.30. The van der Waals surface area contributed by atoms with Gasteiger partial charge in [0.1, 0.15) is 0 Å². The highest BCUT2D eigenvalue weighted by atomic mass is 127. The van der Waals surface area contributed by atoms with Crippen molar-refractivity contribution in [3.63, 3.8) is 0 Å². The molecule has 0 aliphatic carbocycles. The summed E-state index contributed by atoms with van der Waals surface area (Å²) in [6.45, 7) is 8.45. The lowest BCUT2D eigenvalue weighted by molar-refractivity contribution is 0.504. The zero-order valence-electron chi connectivity index (χ0n) is 11.7. The maximum Gasteiger partial charge on any atom is 0.188 e. The van der Waals surface area contributed by atoms with Gasteiger partial charge in [-0.05, 0) is 12.3 Å². The van der Waals surface area contributed by atoms with Gasteiger partial charge in [0.2, 0.25) is 0 Å². The first-order chi connectivity index (χ1) is 7.74. The Morgan fingerprint density at radius 3 is 2.29 bits per heavy atom. The number of halogens is 1. The molecule has 17 heavy (non-hydrogen) atoms. The molecule has 104 valence electrons. The highest BCUT2D eigenvalue weighted by Gasteiger charge is 2.01. The monoisotopic (exact) mass is 355 g/mol. The molecule has 0 aliphatic heterocycles. The summed E-state index contributed by atoms with van der Waals surface area (Å²) in [5.41, 5.74) is 5.79. The molecule has 0 amide bonds. The molecule has 0 fully saturated rings. The Labute approximate surface area is 124 Å². The third-order valence-corrected chi connectivity index (χ3v) is 3.01. The molecular formula is C13H30IN3. The minimum atomic E-state index is 0. The summed E-state index contributed by atoms with van der Waals surface area (Å²) in [5, 5.41) is 3.17. The number of nitrogens with two attached hydrogens (primary N) is 1. The van der Waals surface area contributed by atoms with E-state index in [1.165, 1.54) is 38.5 Å². The van der Waals surface area contributed by atoms with Crippen molar-refractivity contribution in [2.75, 3.05) is 13.1 Å². The van der Waals surface area contributed by atoms with Crippen molar-refractivity contribution in [3.05, 3.63) is 0 Å². The second kappa shape index (κ2) is 14.1. The van der Waals surface area contributed by atoms with E-state index in [9.17, 15) is 0 Å². The van der Waals surface area contributed by atoms with Gasteiger partial charge in [-0.15, -0.1) is 24.0 Å². The molecule has 0 radical (unpaired) electrons. The van der Waals surface area contributed by atoms with E-state index in [1.54, 1.807) is 0 Å². The van der Waals surface area contributed by atoms with Crippen LogP contribution in [0.3, 0.4) is 0 Å². The number of unbranched alkanes of at least 4 members (excludes halogenated alkanes) is 3. The van der Waals surface area contributed by atoms with Gasteiger partial charge in [0.25, 0.3) is 0 Å². The fraction of sp³-hybridized carbons (Fsp3) is 0.923. The minimum Gasteiger partial charge on any atom is -0.370 e. The van der Waals surface area contributed by atoms with Crippen molar-refractivity contribution in [2.24, 2.45) is 16.6 Å². The summed E-state index contributed by atoms with van der Waals surface area (Å²) >= 11 is 0. The first-order valence-electron chi connectivity index (χ1n) is 6.78. The maximum atomic E-state index is 5.79. The highest BCUT2D eigenvalue weighted by molar-refractivity contribution is 14.0. The number of hydrogen-bond acceptors (Lipinski definition) is 1. The molecule has 0 aliphatic rings. The van der Waals surface area contributed by atoms with E-state index in [0.29, 0.717) is 11.9 Å². The van der Waals surface area contributed by atoms with Gasteiger partial charge in [-0.1, -0.05) is 52.9 Å². The van der Waals surface area contributed by atoms with Gasteiger partial charge in [-0.2, -0.15) is 0 Å². The Morgan fingerprint density at radius 1 is 1.12 bits per heavy atom. The zero-order valence-corrected chi connectivity index (χ0v) is 14.0. The van der Waals surface area contributed by atoms with Crippen LogP contribution in [-0.4, -0.2) is 19.0 Å². The largest absolute Gasteiger partial charge is 0.370 e. The summed E-state index contributed by atoms with van der Waals surface area (Å²) in [6.07, 6.45) is 7.43. The van der Waals surface area contributed by atoms with E-state index in [0.717, 1.165) is 13.1 Å². The van der Waals surface area contributed by atoms with Crippen LogP contribution >= 0.6 is 24.0 Å². The number of nitrogens with one attached hydrogen (secondary N) is 1. The lowest BCUT2D eigenvalue weighted by atomic mass is 10.0. The van der Waals surface area contributed by atoms with Gasteiger partial charge in [0, 0.05) is 13.1 Å². The van der Waals surface area contributed by atoms with Gasteiger partial charge in [0.15, 0.2) is 5.96 Å². The maximum absolute atomic E-state index is 5.79. The second-order valence-electron chi connectivity index (χ2n) is 4.40. The summed E-state index contributed by atoms with van der Waals surface area (Å²) in [7, 11) is 0. The summed E-state index contributed by atoms with van der Waals surface area (Å²) < 4.78 is 0. The average Bonchev–Trinajstić information content (AvgIpc) is 2.30. The van der Waals surface area contributed by atoms with Crippen LogP contribution in [0.25, 0.3) is 0 Å². The van der Waals surface area contributed by atoms with E-state index in [-0.39, 0.29) is 24.0 Å². The molecule has 3 N–H and O–H groups in total. The first-order valence-corrected chi connectivity index (χ1v) is 6.78. The molecule has 0 bridgehead atoms. The van der Waals surface area contributed by atoms with Crippen LogP contribution in [-0.2, 0) is 0 Å². The quantitative estimate of drug-likeness (QED) is 0.288. The minimum absolute atomic E-state index is 0. The number of nitrogens with zero attached hydrogens (tertiary/aromatic N) is 1. The molecule has 0 aromatic heterocycles. The molecule has 0 heterocycles. The van der Waals surface area contributed by atoms with Crippen LogP contribution in [0.1, 0.15) is 59.3 Å². The fourth-order valence-corrected chi connectivity index (χ4v) is 1.60. The normalized spacial score (nSPS) is 11.4. The van der Waals surface area contributed by atoms with E-state index < -0.39 is 0 Å². The van der Waals surface area contributed by atoms with Crippen molar-refractivity contribution < 1.29 is 0 Å².